The van der Waals surface area contributed by atoms with Crippen LogP contribution in [-0.2, 0) is 22.7 Å². The van der Waals surface area contributed by atoms with Crippen LogP contribution in [0.4, 0.5) is 10.5 Å². The van der Waals surface area contributed by atoms with E-state index in [4.69, 9.17) is 14.2 Å². The molecule has 0 bridgehead atoms. The van der Waals surface area contributed by atoms with Gasteiger partial charge in [-0.05, 0) is 17.2 Å². The highest BCUT2D eigenvalue weighted by atomic mass is 16.7. The summed E-state index contributed by atoms with van der Waals surface area (Å²) in [6.07, 6.45) is -1.05. The number of carbonyl (C=O) groups is 2. The molecule has 3 aromatic rings. The van der Waals surface area contributed by atoms with E-state index in [1.165, 1.54) is 0 Å². The van der Waals surface area contributed by atoms with E-state index in [-0.39, 0.29) is 30.2 Å². The molecule has 0 fully saturated rings. The van der Waals surface area contributed by atoms with Gasteiger partial charge in [0.25, 0.3) is 5.69 Å². The monoisotopic (exact) mass is 407 g/mol. The number of nitrogens with zero attached hydrogens (tertiary/aromatic N) is 1. The summed E-state index contributed by atoms with van der Waals surface area (Å²) in [6, 6.07) is 21.1. The number of nitro benzene ring substituents is 1. The third-order valence-electron chi connectivity index (χ3n) is 4.00. The van der Waals surface area contributed by atoms with Gasteiger partial charge in [0.1, 0.15) is 24.5 Å². The van der Waals surface area contributed by atoms with Gasteiger partial charge in [-0.3, -0.25) is 10.1 Å². The number of ether oxygens (including phenoxy) is 3. The van der Waals surface area contributed by atoms with E-state index in [0.717, 1.165) is 29.3 Å². The predicted molar refractivity (Wildman–Crippen MR) is 106 cm³/mol. The lowest BCUT2D eigenvalue weighted by Crippen LogP contribution is -2.14. The summed E-state index contributed by atoms with van der Waals surface area (Å²) in [6.45, 7) is -0.0687. The molecule has 0 radical (unpaired) electrons. The van der Waals surface area contributed by atoms with Crippen molar-refractivity contribution in [3.8, 4) is 5.75 Å². The van der Waals surface area contributed by atoms with Crippen molar-refractivity contribution < 1.29 is 28.7 Å². The Kier molecular flexibility index (Phi) is 6.73. The van der Waals surface area contributed by atoms with Gasteiger partial charge in [-0.25, -0.2) is 9.59 Å². The summed E-state index contributed by atoms with van der Waals surface area (Å²) >= 11 is 0. The lowest BCUT2D eigenvalue weighted by Gasteiger charge is -2.10. The van der Waals surface area contributed by atoms with E-state index < -0.39 is 17.0 Å². The number of carbonyl (C=O) groups excluding carboxylic acids is 2. The molecule has 3 rings (SSSR count). The first-order chi connectivity index (χ1) is 14.5. The smallest absolute Gasteiger partial charge is 0.457 e. The first-order valence-electron chi connectivity index (χ1n) is 8.91. The average Bonchev–Trinajstić information content (AvgIpc) is 2.77. The Hall–Kier alpha value is -4.20. The standard InChI is InChI=1S/C22H17NO7/c24-21(28-14-16-7-3-1-4-8-16)19-13-18(23(26)27)11-12-20(19)30-22(25)29-15-17-9-5-2-6-10-17/h1-13H,14-15H2. The van der Waals surface area contributed by atoms with Crippen molar-refractivity contribution in [2.75, 3.05) is 0 Å². The topological polar surface area (TPSA) is 105 Å². The number of nitro groups is 1. The van der Waals surface area contributed by atoms with Crippen LogP contribution in [0.1, 0.15) is 21.5 Å². The minimum absolute atomic E-state index is 0.0273. The second-order valence-electron chi connectivity index (χ2n) is 6.13. The van der Waals surface area contributed by atoms with E-state index in [9.17, 15) is 19.7 Å². The number of rotatable bonds is 7. The van der Waals surface area contributed by atoms with E-state index in [1.54, 1.807) is 48.5 Å². The molecular weight excluding hydrogens is 390 g/mol. The summed E-state index contributed by atoms with van der Waals surface area (Å²) in [4.78, 5) is 34.9. The molecule has 8 nitrogen and oxygen atoms in total. The van der Waals surface area contributed by atoms with E-state index in [1.807, 2.05) is 12.1 Å². The first-order valence-corrected chi connectivity index (χ1v) is 8.91. The molecule has 3 aromatic carbocycles. The van der Waals surface area contributed by atoms with Gasteiger partial charge in [0.2, 0.25) is 0 Å². The van der Waals surface area contributed by atoms with Gasteiger partial charge in [0, 0.05) is 12.1 Å². The molecule has 30 heavy (non-hydrogen) atoms. The first kappa shape index (κ1) is 20.5. The zero-order valence-corrected chi connectivity index (χ0v) is 15.7. The highest BCUT2D eigenvalue weighted by Gasteiger charge is 2.21. The predicted octanol–water partition coefficient (Wildman–Crippen LogP) is 4.67. The maximum absolute atomic E-state index is 12.5. The van der Waals surface area contributed by atoms with Crippen molar-refractivity contribution >= 4 is 17.8 Å². The minimum Gasteiger partial charge on any atom is -0.457 e. The fourth-order valence-corrected chi connectivity index (χ4v) is 2.52. The van der Waals surface area contributed by atoms with Gasteiger partial charge < -0.3 is 14.2 Å². The van der Waals surface area contributed by atoms with Crippen molar-refractivity contribution in [3.05, 3.63) is 106 Å². The normalized spacial score (nSPS) is 10.1. The molecule has 0 atom stereocenters. The lowest BCUT2D eigenvalue weighted by molar-refractivity contribution is -0.384. The van der Waals surface area contributed by atoms with E-state index in [0.29, 0.717) is 0 Å². The van der Waals surface area contributed by atoms with Crippen LogP contribution in [-0.4, -0.2) is 17.0 Å². The summed E-state index contributed by atoms with van der Waals surface area (Å²) in [5.41, 5.74) is 0.894. The Bertz CT molecular complexity index is 1040. The Balaban J connectivity index is 1.71. The zero-order valence-electron chi connectivity index (χ0n) is 15.7. The van der Waals surface area contributed by atoms with E-state index >= 15 is 0 Å². The van der Waals surface area contributed by atoms with Crippen molar-refractivity contribution in [2.45, 2.75) is 13.2 Å². The molecule has 0 aliphatic carbocycles. The Morgan fingerprint density at radius 1 is 0.800 bits per heavy atom. The van der Waals surface area contributed by atoms with Crippen molar-refractivity contribution in [1.29, 1.82) is 0 Å². The molecule has 0 aliphatic rings. The Morgan fingerprint density at radius 3 is 1.93 bits per heavy atom. The van der Waals surface area contributed by atoms with Crippen LogP contribution in [0.3, 0.4) is 0 Å². The molecule has 0 N–H and O–H groups in total. The van der Waals surface area contributed by atoms with Crippen LogP contribution in [0, 0.1) is 10.1 Å². The Labute approximate surface area is 171 Å². The molecule has 0 saturated carbocycles. The fourth-order valence-electron chi connectivity index (χ4n) is 2.52. The van der Waals surface area contributed by atoms with Gasteiger partial charge in [0.15, 0.2) is 0 Å². The molecule has 0 aromatic heterocycles. The minimum atomic E-state index is -1.05. The number of esters is 1. The molecular formula is C22H17NO7. The van der Waals surface area contributed by atoms with Crippen LogP contribution in [0.5, 0.6) is 5.75 Å². The third-order valence-corrected chi connectivity index (χ3v) is 4.00. The van der Waals surface area contributed by atoms with Gasteiger partial charge in [0.05, 0.1) is 4.92 Å². The molecule has 8 heteroatoms. The van der Waals surface area contributed by atoms with Crippen LogP contribution in [0.15, 0.2) is 78.9 Å². The van der Waals surface area contributed by atoms with Gasteiger partial charge >= 0.3 is 12.1 Å². The van der Waals surface area contributed by atoms with Crippen molar-refractivity contribution in [3.63, 3.8) is 0 Å². The zero-order chi connectivity index (χ0) is 21.3. The summed E-state index contributed by atoms with van der Waals surface area (Å²) in [5.74, 6) is -1.06. The summed E-state index contributed by atoms with van der Waals surface area (Å²) in [5, 5.41) is 11.1. The van der Waals surface area contributed by atoms with Crippen LogP contribution < -0.4 is 4.74 Å². The summed E-state index contributed by atoms with van der Waals surface area (Å²) in [7, 11) is 0. The molecule has 152 valence electrons. The highest BCUT2D eigenvalue weighted by molar-refractivity contribution is 5.94. The summed E-state index contributed by atoms with van der Waals surface area (Å²) < 4.78 is 15.3. The molecule has 0 unspecified atom stereocenters. The van der Waals surface area contributed by atoms with Crippen molar-refractivity contribution in [2.24, 2.45) is 0 Å². The number of hydrogen-bond donors (Lipinski definition) is 0. The maximum Gasteiger partial charge on any atom is 0.514 e. The fraction of sp³-hybridized carbons (Fsp3) is 0.0909. The lowest BCUT2D eigenvalue weighted by atomic mass is 10.1. The highest BCUT2D eigenvalue weighted by Crippen LogP contribution is 2.26. The number of non-ortho nitro benzene ring substituents is 1. The van der Waals surface area contributed by atoms with Crippen LogP contribution in [0.2, 0.25) is 0 Å². The molecule has 0 heterocycles. The van der Waals surface area contributed by atoms with Crippen molar-refractivity contribution in [1.82, 2.24) is 0 Å². The quantitative estimate of drug-likeness (QED) is 0.243. The van der Waals surface area contributed by atoms with E-state index in [2.05, 4.69) is 0 Å². The molecule has 0 spiro atoms. The second-order valence-corrected chi connectivity index (χ2v) is 6.13. The van der Waals surface area contributed by atoms with Gasteiger partial charge in [-0.2, -0.15) is 0 Å². The third kappa shape index (κ3) is 5.65. The SMILES string of the molecule is O=C(OCc1ccccc1)Oc1ccc([N+](=O)[O-])cc1C(=O)OCc1ccccc1. The average molecular weight is 407 g/mol. The van der Waals surface area contributed by atoms with Gasteiger partial charge in [-0.1, -0.05) is 60.7 Å². The number of hydrogen-bond acceptors (Lipinski definition) is 7. The largest absolute Gasteiger partial charge is 0.514 e. The van der Waals surface area contributed by atoms with Crippen LogP contribution in [0.25, 0.3) is 0 Å². The Morgan fingerprint density at radius 2 is 1.37 bits per heavy atom. The maximum atomic E-state index is 12.5. The molecule has 0 saturated heterocycles. The van der Waals surface area contributed by atoms with Gasteiger partial charge in [-0.15, -0.1) is 0 Å². The van der Waals surface area contributed by atoms with Crippen LogP contribution >= 0.6 is 0 Å². The molecule has 0 aliphatic heterocycles. The molecule has 0 amide bonds. The second kappa shape index (κ2) is 9.83. The number of benzene rings is 3.